The lowest BCUT2D eigenvalue weighted by molar-refractivity contribution is 1.12. The zero-order chi connectivity index (χ0) is 13.8. The predicted octanol–water partition coefficient (Wildman–Crippen LogP) is 3.65. The molecule has 0 aliphatic heterocycles. The van der Waals surface area contributed by atoms with Crippen molar-refractivity contribution in [3.63, 3.8) is 0 Å². The summed E-state index contributed by atoms with van der Waals surface area (Å²) in [4.78, 5) is 8.20. The zero-order valence-electron chi connectivity index (χ0n) is 10.2. The molecule has 0 amide bonds. The fraction of sp³-hybridized carbons (Fsp3) is 0.167. The molecule has 100 valence electrons. The lowest BCUT2D eigenvalue weighted by Gasteiger charge is -2.09. The number of halogens is 2. The summed E-state index contributed by atoms with van der Waals surface area (Å²) in [6.07, 6.45) is 0. The largest absolute Gasteiger partial charge is 0.370 e. The second-order valence-electron chi connectivity index (χ2n) is 3.78. The van der Waals surface area contributed by atoms with E-state index in [0.717, 1.165) is 16.7 Å². The van der Waals surface area contributed by atoms with Gasteiger partial charge in [-0.1, -0.05) is 11.6 Å². The summed E-state index contributed by atoms with van der Waals surface area (Å²) in [5.41, 5.74) is 6.49. The van der Waals surface area contributed by atoms with Crippen LogP contribution in [0.3, 0.4) is 0 Å². The highest BCUT2D eigenvalue weighted by Crippen LogP contribution is 2.27. The summed E-state index contributed by atoms with van der Waals surface area (Å²) in [6, 6.07) is 7.34. The average Bonchev–Trinajstić information content (AvgIpc) is 2.33. The summed E-state index contributed by atoms with van der Waals surface area (Å²) >= 11 is 9.38. The van der Waals surface area contributed by atoms with Crippen molar-refractivity contribution in [2.24, 2.45) is 0 Å². The van der Waals surface area contributed by atoms with Gasteiger partial charge in [0.1, 0.15) is 11.6 Å². The molecule has 2 aromatic rings. The Morgan fingerprint density at radius 3 is 2.68 bits per heavy atom. The molecule has 0 unspecified atom stereocenters. The molecule has 1 aromatic carbocycles. The lowest BCUT2D eigenvalue weighted by Crippen LogP contribution is -2.05. The Balaban J connectivity index is 2.24. The molecule has 0 bridgehead atoms. The van der Waals surface area contributed by atoms with Crippen LogP contribution in [0.1, 0.15) is 6.92 Å². The molecule has 0 fully saturated rings. The molecule has 0 saturated carbocycles. The van der Waals surface area contributed by atoms with Crippen LogP contribution in [0.5, 0.6) is 0 Å². The lowest BCUT2D eigenvalue weighted by atomic mass is 10.3. The minimum atomic E-state index is 0.212. The van der Waals surface area contributed by atoms with Crippen molar-refractivity contribution in [3.8, 4) is 0 Å². The van der Waals surface area contributed by atoms with Crippen molar-refractivity contribution in [2.75, 3.05) is 22.9 Å². The van der Waals surface area contributed by atoms with Crippen molar-refractivity contribution in [1.82, 2.24) is 9.97 Å². The SMILES string of the molecule is CCNc1cc(Nc2ccc(Br)c(Cl)c2)nc(N)n1. The van der Waals surface area contributed by atoms with Crippen LogP contribution in [0, 0.1) is 0 Å². The maximum atomic E-state index is 6.04. The number of nitrogens with one attached hydrogen (secondary N) is 2. The number of hydrogen-bond acceptors (Lipinski definition) is 5. The number of nitrogen functional groups attached to an aromatic ring is 1. The van der Waals surface area contributed by atoms with Gasteiger partial charge >= 0.3 is 0 Å². The molecule has 5 nitrogen and oxygen atoms in total. The van der Waals surface area contributed by atoms with E-state index in [-0.39, 0.29) is 5.95 Å². The summed E-state index contributed by atoms with van der Waals surface area (Å²) in [6.45, 7) is 2.75. The first kappa shape index (κ1) is 13.9. The minimum absolute atomic E-state index is 0.212. The van der Waals surface area contributed by atoms with Crippen molar-refractivity contribution in [1.29, 1.82) is 0 Å². The van der Waals surface area contributed by atoms with E-state index in [0.29, 0.717) is 16.7 Å². The van der Waals surface area contributed by atoms with Crippen LogP contribution in [0.2, 0.25) is 5.02 Å². The maximum absolute atomic E-state index is 6.04. The van der Waals surface area contributed by atoms with Crippen LogP contribution in [0.25, 0.3) is 0 Å². The van der Waals surface area contributed by atoms with Crippen molar-refractivity contribution >= 4 is 50.8 Å². The zero-order valence-corrected chi connectivity index (χ0v) is 12.6. The molecular formula is C12H13BrClN5. The number of benzene rings is 1. The molecule has 0 aliphatic carbocycles. The fourth-order valence-electron chi connectivity index (χ4n) is 1.52. The Kier molecular flexibility index (Phi) is 4.44. The molecule has 0 radical (unpaired) electrons. The van der Waals surface area contributed by atoms with Gasteiger partial charge in [-0.05, 0) is 41.1 Å². The third-order valence-corrected chi connectivity index (χ3v) is 3.53. The van der Waals surface area contributed by atoms with Gasteiger partial charge < -0.3 is 16.4 Å². The number of rotatable bonds is 4. The molecule has 19 heavy (non-hydrogen) atoms. The van der Waals surface area contributed by atoms with Gasteiger partial charge in [-0.2, -0.15) is 9.97 Å². The standard InChI is InChI=1S/C12H13BrClN5/c1-2-16-10-6-11(19-12(15)18-10)17-7-3-4-8(13)9(14)5-7/h3-6H,2H2,1H3,(H4,15,16,17,18,19). The van der Waals surface area contributed by atoms with Gasteiger partial charge in [0.25, 0.3) is 0 Å². The number of anilines is 4. The number of nitrogens with zero attached hydrogens (tertiary/aromatic N) is 2. The second-order valence-corrected chi connectivity index (χ2v) is 5.04. The molecule has 0 saturated heterocycles. The second kappa shape index (κ2) is 6.08. The van der Waals surface area contributed by atoms with E-state index in [2.05, 4.69) is 36.5 Å². The van der Waals surface area contributed by atoms with E-state index in [4.69, 9.17) is 17.3 Å². The smallest absolute Gasteiger partial charge is 0.223 e. The Morgan fingerprint density at radius 1 is 1.26 bits per heavy atom. The Hall–Kier alpha value is -1.53. The van der Waals surface area contributed by atoms with Crippen LogP contribution in [0.15, 0.2) is 28.7 Å². The molecule has 7 heteroatoms. The van der Waals surface area contributed by atoms with Gasteiger partial charge in [0.15, 0.2) is 0 Å². The van der Waals surface area contributed by atoms with E-state index in [9.17, 15) is 0 Å². The first-order chi connectivity index (χ1) is 9.08. The van der Waals surface area contributed by atoms with Crippen LogP contribution in [-0.4, -0.2) is 16.5 Å². The molecule has 0 spiro atoms. The van der Waals surface area contributed by atoms with E-state index >= 15 is 0 Å². The van der Waals surface area contributed by atoms with Gasteiger partial charge in [-0.25, -0.2) is 0 Å². The number of aromatic nitrogens is 2. The van der Waals surface area contributed by atoms with Gasteiger partial charge in [0, 0.05) is 22.8 Å². The third-order valence-electron chi connectivity index (χ3n) is 2.29. The molecule has 1 heterocycles. The van der Waals surface area contributed by atoms with E-state index < -0.39 is 0 Å². The van der Waals surface area contributed by atoms with Gasteiger partial charge in [0.2, 0.25) is 5.95 Å². The van der Waals surface area contributed by atoms with Gasteiger partial charge in [-0.15, -0.1) is 0 Å². The summed E-state index contributed by atoms with van der Waals surface area (Å²) in [7, 11) is 0. The molecular weight excluding hydrogens is 330 g/mol. The van der Waals surface area contributed by atoms with E-state index in [1.807, 2.05) is 19.1 Å². The Bertz CT molecular complexity index is 590. The summed E-state index contributed by atoms with van der Waals surface area (Å²) in [5.74, 6) is 1.51. The normalized spacial score (nSPS) is 10.3. The van der Waals surface area contributed by atoms with Crippen LogP contribution < -0.4 is 16.4 Å². The summed E-state index contributed by atoms with van der Waals surface area (Å²) in [5, 5.41) is 6.85. The van der Waals surface area contributed by atoms with Crippen LogP contribution >= 0.6 is 27.5 Å². The molecule has 0 atom stereocenters. The van der Waals surface area contributed by atoms with E-state index in [1.54, 1.807) is 12.1 Å². The van der Waals surface area contributed by atoms with Gasteiger partial charge in [0.05, 0.1) is 5.02 Å². The van der Waals surface area contributed by atoms with E-state index in [1.165, 1.54) is 0 Å². The third kappa shape index (κ3) is 3.71. The summed E-state index contributed by atoms with van der Waals surface area (Å²) < 4.78 is 0.843. The number of hydrogen-bond donors (Lipinski definition) is 3. The molecule has 2 rings (SSSR count). The van der Waals surface area contributed by atoms with Crippen molar-refractivity contribution in [2.45, 2.75) is 6.92 Å². The maximum Gasteiger partial charge on any atom is 0.223 e. The highest BCUT2D eigenvalue weighted by atomic mass is 79.9. The number of nitrogens with two attached hydrogens (primary N) is 1. The van der Waals surface area contributed by atoms with Gasteiger partial charge in [-0.3, -0.25) is 0 Å². The first-order valence-electron chi connectivity index (χ1n) is 5.69. The van der Waals surface area contributed by atoms with Crippen molar-refractivity contribution < 1.29 is 0 Å². The quantitative estimate of drug-likeness (QED) is 0.790. The Labute approximate surface area is 124 Å². The highest BCUT2D eigenvalue weighted by Gasteiger charge is 2.04. The molecule has 1 aromatic heterocycles. The highest BCUT2D eigenvalue weighted by molar-refractivity contribution is 9.10. The average molecular weight is 343 g/mol. The molecule has 0 aliphatic rings. The van der Waals surface area contributed by atoms with Crippen LogP contribution in [0.4, 0.5) is 23.3 Å². The predicted molar refractivity (Wildman–Crippen MR) is 83.0 cm³/mol. The first-order valence-corrected chi connectivity index (χ1v) is 6.86. The minimum Gasteiger partial charge on any atom is -0.370 e. The van der Waals surface area contributed by atoms with Crippen LogP contribution in [-0.2, 0) is 0 Å². The van der Waals surface area contributed by atoms with Crippen molar-refractivity contribution in [3.05, 3.63) is 33.8 Å². The monoisotopic (exact) mass is 341 g/mol. The Morgan fingerprint density at radius 2 is 2.00 bits per heavy atom. The topological polar surface area (TPSA) is 75.9 Å². The fourth-order valence-corrected chi connectivity index (χ4v) is 1.95. The molecule has 4 N–H and O–H groups in total.